The number of amides is 1. The number of nitrogens with zero attached hydrogens (tertiary/aromatic N) is 1. The number of carbonyl (C=O) groups excluding carboxylic acids is 2. The van der Waals surface area contributed by atoms with E-state index in [0.717, 1.165) is 0 Å². The molecule has 140 valence electrons. The molecule has 0 bridgehead atoms. The fourth-order valence-electron chi connectivity index (χ4n) is 2.34. The summed E-state index contributed by atoms with van der Waals surface area (Å²) >= 11 is 0. The Balaban J connectivity index is 2.09. The smallest absolute Gasteiger partial charge is 0.339 e. The number of nitrogens with one attached hydrogen (secondary N) is 1. The Morgan fingerprint density at radius 3 is 2.67 bits per heavy atom. The van der Waals surface area contributed by atoms with Gasteiger partial charge in [0.05, 0.1) is 23.3 Å². The van der Waals surface area contributed by atoms with Crippen molar-refractivity contribution in [3.05, 3.63) is 76.4 Å². The Morgan fingerprint density at radius 2 is 2.00 bits per heavy atom. The number of allylic oxidation sites excluding steroid dienone is 1. The van der Waals surface area contributed by atoms with Crippen molar-refractivity contribution < 1.29 is 24.0 Å². The van der Waals surface area contributed by atoms with Crippen LogP contribution >= 0.6 is 0 Å². The summed E-state index contributed by atoms with van der Waals surface area (Å²) in [5.41, 5.74) is 0.988. The van der Waals surface area contributed by atoms with E-state index in [1.807, 2.05) is 0 Å². The summed E-state index contributed by atoms with van der Waals surface area (Å²) in [4.78, 5) is 34.3. The van der Waals surface area contributed by atoms with Gasteiger partial charge in [0.2, 0.25) is 0 Å². The normalized spacial score (nSPS) is 9.96. The van der Waals surface area contributed by atoms with Gasteiger partial charge in [-0.25, -0.2) is 4.79 Å². The predicted octanol–water partition coefficient (Wildman–Crippen LogP) is 3.13. The zero-order valence-corrected chi connectivity index (χ0v) is 14.6. The molecule has 0 radical (unpaired) electrons. The van der Waals surface area contributed by atoms with Crippen molar-refractivity contribution in [2.45, 2.75) is 6.42 Å². The summed E-state index contributed by atoms with van der Waals surface area (Å²) in [6, 6.07) is 10.5. The number of nitro benzene ring substituents is 1. The third-order valence-corrected chi connectivity index (χ3v) is 3.58. The van der Waals surface area contributed by atoms with Crippen molar-refractivity contribution >= 4 is 23.3 Å². The number of anilines is 1. The summed E-state index contributed by atoms with van der Waals surface area (Å²) in [6.07, 6.45) is 1.93. The van der Waals surface area contributed by atoms with Crippen LogP contribution in [0.2, 0.25) is 0 Å². The number of rotatable bonds is 8. The van der Waals surface area contributed by atoms with E-state index in [0.29, 0.717) is 23.4 Å². The lowest BCUT2D eigenvalue weighted by Crippen LogP contribution is -2.22. The molecule has 8 heteroatoms. The number of ether oxygens (including phenoxy) is 2. The maximum atomic E-state index is 12.2. The molecule has 1 amide bonds. The zero-order chi connectivity index (χ0) is 19.8. The van der Waals surface area contributed by atoms with Crippen LogP contribution in [0.4, 0.5) is 11.4 Å². The van der Waals surface area contributed by atoms with Gasteiger partial charge in [-0.1, -0.05) is 18.2 Å². The van der Waals surface area contributed by atoms with Crippen molar-refractivity contribution in [2.24, 2.45) is 0 Å². The third kappa shape index (κ3) is 5.15. The number of non-ortho nitro benzene ring substituents is 1. The van der Waals surface area contributed by atoms with E-state index in [9.17, 15) is 19.7 Å². The summed E-state index contributed by atoms with van der Waals surface area (Å²) in [5.74, 6) is -0.721. The van der Waals surface area contributed by atoms with Gasteiger partial charge in [0.25, 0.3) is 11.6 Å². The number of nitro groups is 1. The third-order valence-electron chi connectivity index (χ3n) is 3.58. The molecule has 0 aliphatic heterocycles. The van der Waals surface area contributed by atoms with Crippen molar-refractivity contribution in [1.82, 2.24) is 0 Å². The number of esters is 1. The summed E-state index contributed by atoms with van der Waals surface area (Å²) < 4.78 is 10.2. The molecule has 0 saturated carbocycles. The quantitative estimate of drug-likeness (QED) is 0.331. The summed E-state index contributed by atoms with van der Waals surface area (Å²) in [5, 5.41) is 13.5. The fourth-order valence-corrected chi connectivity index (χ4v) is 2.34. The highest BCUT2D eigenvalue weighted by Gasteiger charge is 2.15. The first-order valence-electron chi connectivity index (χ1n) is 7.94. The van der Waals surface area contributed by atoms with Gasteiger partial charge >= 0.3 is 5.97 Å². The van der Waals surface area contributed by atoms with Gasteiger partial charge in [-0.15, -0.1) is 6.58 Å². The van der Waals surface area contributed by atoms with Gasteiger partial charge in [0.15, 0.2) is 6.61 Å². The highest BCUT2D eigenvalue weighted by atomic mass is 16.6. The van der Waals surface area contributed by atoms with Crippen molar-refractivity contribution in [1.29, 1.82) is 0 Å². The Kier molecular flexibility index (Phi) is 6.65. The first kappa shape index (κ1) is 19.6. The Labute approximate surface area is 155 Å². The van der Waals surface area contributed by atoms with E-state index in [-0.39, 0.29) is 17.9 Å². The Bertz CT molecular complexity index is 878. The van der Waals surface area contributed by atoms with Crippen molar-refractivity contribution in [3.63, 3.8) is 0 Å². The largest absolute Gasteiger partial charge is 0.483 e. The van der Waals surface area contributed by atoms with Gasteiger partial charge in [-0.3, -0.25) is 14.9 Å². The molecule has 27 heavy (non-hydrogen) atoms. The van der Waals surface area contributed by atoms with E-state index in [1.54, 1.807) is 24.3 Å². The van der Waals surface area contributed by atoms with Crippen molar-refractivity contribution in [3.8, 4) is 5.75 Å². The van der Waals surface area contributed by atoms with Gasteiger partial charge in [-0.05, 0) is 24.6 Å². The van der Waals surface area contributed by atoms with Crippen LogP contribution in [0, 0.1) is 10.1 Å². The van der Waals surface area contributed by atoms with Crippen LogP contribution in [-0.2, 0) is 16.0 Å². The number of hydrogen-bond donors (Lipinski definition) is 1. The van der Waals surface area contributed by atoms with E-state index in [2.05, 4.69) is 16.6 Å². The summed E-state index contributed by atoms with van der Waals surface area (Å²) in [7, 11) is 1.25. The Hall–Kier alpha value is -3.68. The van der Waals surface area contributed by atoms with Gasteiger partial charge in [0.1, 0.15) is 5.75 Å². The monoisotopic (exact) mass is 370 g/mol. The first-order valence-corrected chi connectivity index (χ1v) is 7.94. The minimum atomic E-state index is -0.574. The number of benzene rings is 2. The molecular formula is C19H18N2O6. The van der Waals surface area contributed by atoms with E-state index in [4.69, 9.17) is 4.74 Å². The highest BCUT2D eigenvalue weighted by Crippen LogP contribution is 2.25. The molecular weight excluding hydrogens is 352 g/mol. The molecule has 0 saturated heterocycles. The molecule has 0 aliphatic rings. The fraction of sp³-hybridized carbons (Fsp3) is 0.158. The highest BCUT2D eigenvalue weighted by molar-refractivity contribution is 6.01. The minimum absolute atomic E-state index is 0.0735. The first-order chi connectivity index (χ1) is 13.0. The Morgan fingerprint density at radius 1 is 1.26 bits per heavy atom. The minimum Gasteiger partial charge on any atom is -0.483 e. The zero-order valence-electron chi connectivity index (χ0n) is 14.6. The molecule has 0 aliphatic carbocycles. The van der Waals surface area contributed by atoms with E-state index < -0.39 is 16.8 Å². The topological polar surface area (TPSA) is 108 Å². The second-order valence-electron chi connectivity index (χ2n) is 5.42. The van der Waals surface area contributed by atoms with Crippen LogP contribution in [0.3, 0.4) is 0 Å². The molecule has 0 unspecified atom stereocenters. The maximum absolute atomic E-state index is 12.2. The molecule has 0 atom stereocenters. The summed E-state index contributed by atoms with van der Waals surface area (Å²) in [6.45, 7) is 3.27. The SMILES string of the molecule is C=CCc1cc([N+](=O)[O-])ccc1OCC(=O)Nc1ccccc1C(=O)OC. The number of hydrogen-bond acceptors (Lipinski definition) is 6. The molecule has 2 aromatic carbocycles. The average Bonchev–Trinajstić information content (AvgIpc) is 2.67. The molecule has 2 rings (SSSR count). The molecule has 0 heterocycles. The molecule has 2 aromatic rings. The lowest BCUT2D eigenvalue weighted by atomic mass is 10.1. The van der Waals surface area contributed by atoms with Gasteiger partial charge in [-0.2, -0.15) is 0 Å². The lowest BCUT2D eigenvalue weighted by Gasteiger charge is -2.12. The predicted molar refractivity (Wildman–Crippen MR) is 98.9 cm³/mol. The number of para-hydroxylation sites is 1. The second kappa shape index (κ2) is 9.14. The van der Waals surface area contributed by atoms with Crippen LogP contribution in [0.15, 0.2) is 55.1 Å². The lowest BCUT2D eigenvalue weighted by molar-refractivity contribution is -0.384. The number of methoxy groups -OCH3 is 1. The van der Waals surface area contributed by atoms with Gasteiger partial charge < -0.3 is 14.8 Å². The standard InChI is InChI=1S/C19H18N2O6/c1-3-6-13-11-14(21(24)25)9-10-17(13)27-12-18(22)20-16-8-5-4-7-15(16)19(23)26-2/h3-5,7-11H,1,6,12H2,2H3,(H,20,22). The average molecular weight is 370 g/mol. The number of carbonyl (C=O) groups is 2. The molecule has 0 spiro atoms. The molecule has 8 nitrogen and oxygen atoms in total. The van der Waals surface area contributed by atoms with Crippen LogP contribution in [-0.4, -0.2) is 30.5 Å². The van der Waals surface area contributed by atoms with E-state index >= 15 is 0 Å². The van der Waals surface area contributed by atoms with Crippen LogP contribution < -0.4 is 10.1 Å². The van der Waals surface area contributed by atoms with Crippen LogP contribution in [0.25, 0.3) is 0 Å². The van der Waals surface area contributed by atoms with Crippen LogP contribution in [0.5, 0.6) is 5.75 Å². The van der Waals surface area contributed by atoms with Gasteiger partial charge in [0, 0.05) is 17.7 Å². The van der Waals surface area contributed by atoms with E-state index in [1.165, 1.54) is 31.4 Å². The molecule has 1 N–H and O–H groups in total. The second-order valence-corrected chi connectivity index (χ2v) is 5.42. The van der Waals surface area contributed by atoms with Crippen LogP contribution in [0.1, 0.15) is 15.9 Å². The molecule has 0 fully saturated rings. The van der Waals surface area contributed by atoms with Crippen molar-refractivity contribution in [2.75, 3.05) is 19.0 Å². The molecule has 0 aromatic heterocycles. The maximum Gasteiger partial charge on any atom is 0.339 e.